The maximum Gasteiger partial charge on any atom is 0.225 e. The van der Waals surface area contributed by atoms with Crippen molar-refractivity contribution in [3.05, 3.63) is 83.6 Å². The molecular weight excluding hydrogens is 364 g/mol. The number of benzene rings is 2. The third-order valence-corrected chi connectivity index (χ3v) is 5.21. The number of fused-ring (bicyclic) bond motifs is 1. The SMILES string of the molecule is COc1cccc(C(NC(=O)Cc2c(C)[nH]c3ccccc23)c2nccn2C)c1. The fourth-order valence-electron chi connectivity index (χ4n) is 3.71. The first-order valence-corrected chi connectivity index (χ1v) is 9.53. The summed E-state index contributed by atoms with van der Waals surface area (Å²) in [5.41, 5.74) is 3.99. The topological polar surface area (TPSA) is 71.9 Å². The van der Waals surface area contributed by atoms with Gasteiger partial charge in [0, 0.05) is 36.0 Å². The van der Waals surface area contributed by atoms with E-state index in [1.54, 1.807) is 13.3 Å². The van der Waals surface area contributed by atoms with E-state index in [1.165, 1.54) is 0 Å². The van der Waals surface area contributed by atoms with Crippen LogP contribution in [0.5, 0.6) is 5.75 Å². The molecule has 0 fully saturated rings. The van der Waals surface area contributed by atoms with Crippen molar-refractivity contribution in [2.24, 2.45) is 7.05 Å². The van der Waals surface area contributed by atoms with E-state index in [-0.39, 0.29) is 11.9 Å². The van der Waals surface area contributed by atoms with Crippen LogP contribution in [0.15, 0.2) is 60.9 Å². The number of imidazole rings is 1. The van der Waals surface area contributed by atoms with Crippen molar-refractivity contribution in [1.82, 2.24) is 19.9 Å². The zero-order valence-electron chi connectivity index (χ0n) is 16.8. The number of carbonyl (C=O) groups excluding carboxylic acids is 1. The standard InChI is InChI=1S/C23H24N4O2/c1-15-19(18-9-4-5-10-20(18)25-15)14-21(28)26-22(23-24-11-12-27(23)2)16-7-6-8-17(13-16)29-3/h4-13,22,25H,14H2,1-3H3,(H,26,28). The van der Waals surface area contributed by atoms with Crippen LogP contribution >= 0.6 is 0 Å². The number of methoxy groups -OCH3 is 1. The number of carbonyl (C=O) groups is 1. The molecule has 2 aromatic carbocycles. The molecule has 0 radical (unpaired) electrons. The first-order chi connectivity index (χ1) is 14.1. The molecule has 0 saturated heterocycles. The van der Waals surface area contributed by atoms with E-state index in [0.29, 0.717) is 6.42 Å². The number of hydrogen-bond donors (Lipinski definition) is 2. The van der Waals surface area contributed by atoms with Crippen LogP contribution < -0.4 is 10.1 Å². The van der Waals surface area contributed by atoms with Crippen molar-refractivity contribution in [2.75, 3.05) is 7.11 Å². The lowest BCUT2D eigenvalue weighted by Crippen LogP contribution is -2.32. The summed E-state index contributed by atoms with van der Waals surface area (Å²) < 4.78 is 7.28. The number of ether oxygens (including phenoxy) is 1. The lowest BCUT2D eigenvalue weighted by atomic mass is 10.0. The van der Waals surface area contributed by atoms with E-state index in [0.717, 1.165) is 39.3 Å². The Kier molecular flexibility index (Phi) is 5.08. The molecule has 148 valence electrons. The number of nitrogens with one attached hydrogen (secondary N) is 2. The van der Waals surface area contributed by atoms with Crippen molar-refractivity contribution >= 4 is 16.8 Å². The van der Waals surface area contributed by atoms with Gasteiger partial charge in [-0.25, -0.2) is 4.98 Å². The molecule has 2 heterocycles. The second-order valence-electron chi connectivity index (χ2n) is 7.12. The predicted molar refractivity (Wildman–Crippen MR) is 113 cm³/mol. The number of para-hydroxylation sites is 1. The van der Waals surface area contributed by atoms with E-state index in [4.69, 9.17) is 4.74 Å². The molecule has 2 aromatic heterocycles. The lowest BCUT2D eigenvalue weighted by molar-refractivity contribution is -0.121. The molecule has 29 heavy (non-hydrogen) atoms. The summed E-state index contributed by atoms with van der Waals surface area (Å²) in [7, 11) is 3.55. The molecule has 1 unspecified atom stereocenters. The van der Waals surface area contributed by atoms with E-state index >= 15 is 0 Å². The average Bonchev–Trinajstić information content (AvgIpc) is 3.29. The Labute approximate surface area is 169 Å². The first kappa shape index (κ1) is 18.8. The highest BCUT2D eigenvalue weighted by Crippen LogP contribution is 2.26. The molecular formula is C23H24N4O2. The molecule has 0 aliphatic carbocycles. The third-order valence-electron chi connectivity index (χ3n) is 5.21. The number of aryl methyl sites for hydroxylation is 2. The van der Waals surface area contributed by atoms with Gasteiger partial charge in [-0.05, 0) is 36.2 Å². The van der Waals surface area contributed by atoms with Crippen molar-refractivity contribution in [2.45, 2.75) is 19.4 Å². The van der Waals surface area contributed by atoms with Gasteiger partial charge in [0.15, 0.2) is 0 Å². The summed E-state index contributed by atoms with van der Waals surface area (Å²) in [5, 5.41) is 4.25. The lowest BCUT2D eigenvalue weighted by Gasteiger charge is -2.20. The summed E-state index contributed by atoms with van der Waals surface area (Å²) in [6.45, 7) is 2.00. The van der Waals surface area contributed by atoms with Gasteiger partial charge in [-0.1, -0.05) is 30.3 Å². The highest BCUT2D eigenvalue weighted by Gasteiger charge is 2.22. The maximum absolute atomic E-state index is 13.1. The fraction of sp³-hybridized carbons (Fsp3) is 0.217. The smallest absolute Gasteiger partial charge is 0.225 e. The van der Waals surface area contributed by atoms with Gasteiger partial charge >= 0.3 is 0 Å². The van der Waals surface area contributed by atoms with Gasteiger partial charge < -0.3 is 19.6 Å². The number of amides is 1. The Morgan fingerprint density at radius 1 is 1.24 bits per heavy atom. The zero-order valence-corrected chi connectivity index (χ0v) is 16.8. The highest BCUT2D eigenvalue weighted by atomic mass is 16.5. The minimum Gasteiger partial charge on any atom is -0.497 e. The number of aromatic nitrogens is 3. The van der Waals surface area contributed by atoms with E-state index in [1.807, 2.05) is 73.3 Å². The van der Waals surface area contributed by atoms with E-state index < -0.39 is 0 Å². The predicted octanol–water partition coefficient (Wildman–Crippen LogP) is 3.67. The molecule has 0 bridgehead atoms. The van der Waals surface area contributed by atoms with Crippen LogP contribution in [0.4, 0.5) is 0 Å². The summed E-state index contributed by atoms with van der Waals surface area (Å²) in [5.74, 6) is 1.44. The van der Waals surface area contributed by atoms with Gasteiger partial charge in [-0.3, -0.25) is 4.79 Å². The second-order valence-corrected chi connectivity index (χ2v) is 7.12. The van der Waals surface area contributed by atoms with Gasteiger partial charge in [0.05, 0.1) is 13.5 Å². The number of aromatic amines is 1. The minimum atomic E-state index is -0.372. The molecule has 2 N–H and O–H groups in total. The average molecular weight is 388 g/mol. The summed E-state index contributed by atoms with van der Waals surface area (Å²) in [6, 6.07) is 15.4. The molecule has 0 spiro atoms. The molecule has 1 atom stereocenters. The number of H-pyrrole nitrogens is 1. The zero-order chi connectivity index (χ0) is 20.4. The quantitative estimate of drug-likeness (QED) is 0.529. The minimum absolute atomic E-state index is 0.0614. The van der Waals surface area contributed by atoms with Crippen molar-refractivity contribution in [1.29, 1.82) is 0 Å². The molecule has 1 amide bonds. The normalized spacial score (nSPS) is 12.1. The van der Waals surface area contributed by atoms with Crippen molar-refractivity contribution in [3.8, 4) is 5.75 Å². The molecule has 4 rings (SSSR count). The van der Waals surface area contributed by atoms with Crippen LogP contribution in [0.1, 0.15) is 28.7 Å². The number of nitrogens with zero attached hydrogens (tertiary/aromatic N) is 2. The molecule has 0 aliphatic rings. The van der Waals surface area contributed by atoms with Gasteiger partial charge in [0.25, 0.3) is 0 Å². The van der Waals surface area contributed by atoms with Crippen LogP contribution in [-0.4, -0.2) is 27.6 Å². The molecule has 6 nitrogen and oxygen atoms in total. The molecule has 4 aromatic rings. The third kappa shape index (κ3) is 3.74. The Balaban J connectivity index is 1.64. The van der Waals surface area contributed by atoms with Gasteiger partial charge in [-0.15, -0.1) is 0 Å². The Morgan fingerprint density at radius 2 is 2.07 bits per heavy atom. The molecule has 0 aliphatic heterocycles. The largest absolute Gasteiger partial charge is 0.497 e. The summed E-state index contributed by atoms with van der Waals surface area (Å²) >= 11 is 0. The Bertz CT molecular complexity index is 1160. The Hall–Kier alpha value is -3.54. The van der Waals surface area contributed by atoms with Gasteiger partial charge in [0.1, 0.15) is 17.6 Å². The number of rotatable bonds is 6. The van der Waals surface area contributed by atoms with Crippen LogP contribution in [-0.2, 0) is 18.3 Å². The van der Waals surface area contributed by atoms with Crippen LogP contribution in [0, 0.1) is 6.92 Å². The van der Waals surface area contributed by atoms with Crippen LogP contribution in [0.3, 0.4) is 0 Å². The van der Waals surface area contributed by atoms with Crippen LogP contribution in [0.2, 0.25) is 0 Å². The summed E-state index contributed by atoms with van der Waals surface area (Å²) in [6.07, 6.45) is 3.90. The van der Waals surface area contributed by atoms with Crippen molar-refractivity contribution in [3.63, 3.8) is 0 Å². The van der Waals surface area contributed by atoms with Crippen LogP contribution in [0.25, 0.3) is 10.9 Å². The van der Waals surface area contributed by atoms with E-state index in [9.17, 15) is 4.79 Å². The second kappa shape index (κ2) is 7.83. The van der Waals surface area contributed by atoms with Gasteiger partial charge in [-0.2, -0.15) is 0 Å². The van der Waals surface area contributed by atoms with E-state index in [2.05, 4.69) is 15.3 Å². The molecule has 0 saturated carbocycles. The van der Waals surface area contributed by atoms with Crippen molar-refractivity contribution < 1.29 is 9.53 Å². The van der Waals surface area contributed by atoms with Gasteiger partial charge in [0.2, 0.25) is 5.91 Å². The highest BCUT2D eigenvalue weighted by molar-refractivity contribution is 5.90. The maximum atomic E-state index is 13.1. The number of hydrogen-bond acceptors (Lipinski definition) is 3. The molecule has 6 heteroatoms. The Morgan fingerprint density at radius 3 is 2.83 bits per heavy atom. The summed E-state index contributed by atoms with van der Waals surface area (Å²) in [4.78, 5) is 20.9. The first-order valence-electron chi connectivity index (χ1n) is 9.53. The monoisotopic (exact) mass is 388 g/mol. The fourth-order valence-corrected chi connectivity index (χ4v) is 3.71.